The maximum atomic E-state index is 11.7. The number of nitrogens with zero attached hydrogens (tertiary/aromatic N) is 1. The van der Waals surface area contributed by atoms with Gasteiger partial charge < -0.3 is 15.0 Å². The summed E-state index contributed by atoms with van der Waals surface area (Å²) in [6.07, 6.45) is 6.69. The molecule has 0 aromatic heterocycles. The molecule has 1 amide bonds. The van der Waals surface area contributed by atoms with Crippen LogP contribution in [0.1, 0.15) is 45.4 Å². The van der Waals surface area contributed by atoms with Gasteiger partial charge in [0.25, 0.3) is 0 Å². The van der Waals surface area contributed by atoms with Crippen molar-refractivity contribution < 1.29 is 14.3 Å². The van der Waals surface area contributed by atoms with E-state index >= 15 is 0 Å². The highest BCUT2D eigenvalue weighted by Gasteiger charge is 2.30. The Hall–Kier alpha value is -1.10. The Kier molecular flexibility index (Phi) is 6.03. The van der Waals surface area contributed by atoms with E-state index in [1.165, 1.54) is 32.8 Å². The van der Waals surface area contributed by atoms with E-state index in [1.807, 2.05) is 4.90 Å². The van der Waals surface area contributed by atoms with Crippen LogP contribution in [-0.2, 0) is 14.3 Å². The molecule has 1 saturated carbocycles. The van der Waals surface area contributed by atoms with Gasteiger partial charge in [0.2, 0.25) is 5.91 Å². The molecule has 2 rings (SSSR count). The maximum absolute atomic E-state index is 11.7. The molecule has 1 N–H and O–H groups in total. The molecule has 1 saturated heterocycles. The number of ether oxygens (including phenoxy) is 1. The van der Waals surface area contributed by atoms with E-state index in [0.717, 1.165) is 25.4 Å². The predicted molar refractivity (Wildman–Crippen MR) is 80.7 cm³/mol. The summed E-state index contributed by atoms with van der Waals surface area (Å²) >= 11 is 0. The van der Waals surface area contributed by atoms with Crippen LogP contribution in [-0.4, -0.2) is 49.6 Å². The second kappa shape index (κ2) is 7.78. The number of carbonyl (C=O) groups excluding carboxylic acids is 2. The fraction of sp³-hybridized carbons (Fsp3) is 0.875. The Labute approximate surface area is 127 Å². The first kappa shape index (κ1) is 16.3. The number of carbonyl (C=O) groups is 2. The summed E-state index contributed by atoms with van der Waals surface area (Å²) in [5.41, 5.74) is 0. The zero-order chi connectivity index (χ0) is 15.2. The summed E-state index contributed by atoms with van der Waals surface area (Å²) in [5.74, 6) is 0.908. The average Bonchev–Trinajstić information content (AvgIpc) is 2.98. The molecule has 0 spiro atoms. The van der Waals surface area contributed by atoms with Crippen molar-refractivity contribution >= 4 is 11.9 Å². The van der Waals surface area contributed by atoms with Gasteiger partial charge in [0.1, 0.15) is 0 Å². The number of methoxy groups -OCH3 is 1. The third-order valence-corrected chi connectivity index (χ3v) is 4.84. The summed E-state index contributed by atoms with van der Waals surface area (Å²) in [6.45, 7) is 4.08. The molecule has 1 aliphatic carbocycles. The van der Waals surface area contributed by atoms with Gasteiger partial charge in [-0.25, -0.2) is 0 Å². The highest BCUT2D eigenvalue weighted by molar-refractivity contribution is 5.74. The van der Waals surface area contributed by atoms with E-state index in [4.69, 9.17) is 4.74 Å². The van der Waals surface area contributed by atoms with Crippen LogP contribution >= 0.6 is 0 Å². The molecule has 1 aliphatic heterocycles. The van der Waals surface area contributed by atoms with Crippen LogP contribution in [0.25, 0.3) is 0 Å². The fourth-order valence-electron chi connectivity index (χ4n) is 3.62. The van der Waals surface area contributed by atoms with Crippen LogP contribution in [0.4, 0.5) is 0 Å². The lowest BCUT2D eigenvalue weighted by atomic mass is 9.91. The van der Waals surface area contributed by atoms with Gasteiger partial charge in [-0.15, -0.1) is 0 Å². The van der Waals surface area contributed by atoms with Crippen LogP contribution in [0, 0.1) is 11.8 Å². The predicted octanol–water partition coefficient (Wildman–Crippen LogP) is 1.57. The van der Waals surface area contributed by atoms with Gasteiger partial charge in [0.15, 0.2) is 0 Å². The summed E-state index contributed by atoms with van der Waals surface area (Å²) in [4.78, 5) is 25.0. The molecule has 5 heteroatoms. The fourth-order valence-corrected chi connectivity index (χ4v) is 3.62. The van der Waals surface area contributed by atoms with Crippen molar-refractivity contribution in [2.24, 2.45) is 11.8 Å². The Balaban J connectivity index is 1.85. The number of amides is 1. The first-order valence-electron chi connectivity index (χ1n) is 8.14. The molecule has 2 atom stereocenters. The molecule has 1 heterocycles. The highest BCUT2D eigenvalue weighted by Crippen LogP contribution is 2.25. The lowest BCUT2D eigenvalue weighted by Crippen LogP contribution is -2.51. The van der Waals surface area contributed by atoms with Crippen molar-refractivity contribution in [2.45, 2.75) is 51.5 Å². The smallest absolute Gasteiger partial charge is 0.305 e. The van der Waals surface area contributed by atoms with Gasteiger partial charge in [-0.3, -0.25) is 9.59 Å². The van der Waals surface area contributed by atoms with Crippen molar-refractivity contribution in [3.05, 3.63) is 0 Å². The lowest BCUT2D eigenvalue weighted by molar-refractivity contribution is -0.143. The number of piperidine rings is 1. The summed E-state index contributed by atoms with van der Waals surface area (Å²) in [5, 5.41) is 3.62. The first-order chi connectivity index (χ1) is 10.1. The van der Waals surface area contributed by atoms with Crippen LogP contribution in [0.3, 0.4) is 0 Å². The third-order valence-electron chi connectivity index (χ3n) is 4.84. The minimum atomic E-state index is -0.181. The van der Waals surface area contributed by atoms with Gasteiger partial charge in [-0.2, -0.15) is 0 Å². The molecule has 2 unspecified atom stereocenters. The van der Waals surface area contributed by atoms with Crippen molar-refractivity contribution in [1.29, 1.82) is 0 Å². The van der Waals surface area contributed by atoms with E-state index in [0.29, 0.717) is 19.0 Å². The number of hydrogen-bond donors (Lipinski definition) is 1. The van der Waals surface area contributed by atoms with E-state index in [9.17, 15) is 9.59 Å². The number of rotatable bonds is 5. The quantitative estimate of drug-likeness (QED) is 0.782. The number of nitrogens with one attached hydrogen (secondary N) is 1. The normalized spacial score (nSPS) is 26.9. The molecular weight excluding hydrogens is 268 g/mol. The number of likely N-dealkylation sites (tertiary alicyclic amines) is 1. The molecule has 0 aromatic carbocycles. The van der Waals surface area contributed by atoms with E-state index in [1.54, 1.807) is 6.92 Å². The Morgan fingerprint density at radius 2 is 1.90 bits per heavy atom. The minimum absolute atomic E-state index is 0.0947. The van der Waals surface area contributed by atoms with Crippen molar-refractivity contribution in [2.75, 3.05) is 26.7 Å². The van der Waals surface area contributed by atoms with E-state index in [2.05, 4.69) is 5.32 Å². The number of hydrogen-bond acceptors (Lipinski definition) is 4. The SMILES string of the molecule is COC(=O)CC1CC(NCC2CCCC2)CN(C(C)=O)C1. The first-order valence-corrected chi connectivity index (χ1v) is 8.14. The summed E-state index contributed by atoms with van der Waals surface area (Å²) in [7, 11) is 1.42. The molecule has 2 aliphatic rings. The Morgan fingerprint density at radius 1 is 1.19 bits per heavy atom. The molecule has 5 nitrogen and oxygen atoms in total. The molecule has 0 radical (unpaired) electrons. The Morgan fingerprint density at radius 3 is 2.52 bits per heavy atom. The van der Waals surface area contributed by atoms with Gasteiger partial charge >= 0.3 is 5.97 Å². The second-order valence-corrected chi connectivity index (χ2v) is 6.56. The molecule has 0 aromatic rings. The third kappa shape index (κ3) is 4.99. The van der Waals surface area contributed by atoms with Crippen LogP contribution in [0.15, 0.2) is 0 Å². The standard InChI is InChI=1S/C16H28N2O3/c1-12(19)18-10-14(8-16(20)21-2)7-15(11-18)17-9-13-5-3-4-6-13/h13-15,17H,3-11H2,1-2H3. The van der Waals surface area contributed by atoms with Crippen molar-refractivity contribution in [3.8, 4) is 0 Å². The highest BCUT2D eigenvalue weighted by atomic mass is 16.5. The average molecular weight is 296 g/mol. The van der Waals surface area contributed by atoms with Crippen LogP contribution in [0.2, 0.25) is 0 Å². The van der Waals surface area contributed by atoms with Gasteiger partial charge in [-0.05, 0) is 37.6 Å². The van der Waals surface area contributed by atoms with Crippen LogP contribution < -0.4 is 5.32 Å². The zero-order valence-corrected chi connectivity index (χ0v) is 13.3. The summed E-state index contributed by atoms with van der Waals surface area (Å²) < 4.78 is 4.76. The molecule has 21 heavy (non-hydrogen) atoms. The van der Waals surface area contributed by atoms with Gasteiger partial charge in [0.05, 0.1) is 13.5 Å². The summed E-state index contributed by atoms with van der Waals surface area (Å²) in [6, 6.07) is 0.304. The molecule has 0 bridgehead atoms. The van der Waals surface area contributed by atoms with Crippen molar-refractivity contribution in [3.63, 3.8) is 0 Å². The van der Waals surface area contributed by atoms with E-state index < -0.39 is 0 Å². The largest absolute Gasteiger partial charge is 0.469 e. The van der Waals surface area contributed by atoms with Gasteiger partial charge in [-0.1, -0.05) is 12.8 Å². The molecule has 2 fully saturated rings. The van der Waals surface area contributed by atoms with Gasteiger partial charge in [0, 0.05) is 26.1 Å². The topological polar surface area (TPSA) is 58.6 Å². The maximum Gasteiger partial charge on any atom is 0.305 e. The lowest BCUT2D eigenvalue weighted by Gasteiger charge is -2.38. The number of esters is 1. The minimum Gasteiger partial charge on any atom is -0.469 e. The molecule has 120 valence electrons. The monoisotopic (exact) mass is 296 g/mol. The van der Waals surface area contributed by atoms with Crippen molar-refractivity contribution in [1.82, 2.24) is 10.2 Å². The van der Waals surface area contributed by atoms with E-state index in [-0.39, 0.29) is 17.8 Å². The molecular formula is C16H28N2O3. The zero-order valence-electron chi connectivity index (χ0n) is 13.3. The Bertz CT molecular complexity index is 367. The van der Waals surface area contributed by atoms with Crippen LogP contribution in [0.5, 0.6) is 0 Å². The second-order valence-electron chi connectivity index (χ2n) is 6.56.